The van der Waals surface area contributed by atoms with Crippen LogP contribution in [0.5, 0.6) is 23.1 Å². The van der Waals surface area contributed by atoms with Gasteiger partial charge in [0.15, 0.2) is 5.82 Å². The van der Waals surface area contributed by atoms with Crippen molar-refractivity contribution >= 4 is 33.7 Å². The van der Waals surface area contributed by atoms with Crippen LogP contribution in [0.1, 0.15) is 38.2 Å². The number of carbonyl (C=O) groups is 3. The first-order chi connectivity index (χ1) is 22.9. The van der Waals surface area contributed by atoms with Gasteiger partial charge in [0.25, 0.3) is 0 Å². The van der Waals surface area contributed by atoms with Crippen LogP contribution in [0.15, 0.2) is 24.5 Å². The lowest BCUT2D eigenvalue weighted by Crippen LogP contribution is -2.54. The molecule has 2 aromatic rings. The summed E-state index contributed by atoms with van der Waals surface area (Å²) < 4.78 is 54.4. The van der Waals surface area contributed by atoms with Gasteiger partial charge in [-0.2, -0.15) is 4.31 Å². The van der Waals surface area contributed by atoms with Gasteiger partial charge in [-0.25, -0.2) is 23.2 Å². The Labute approximate surface area is 279 Å². The number of anilines is 1. The number of piperazine rings is 1. The van der Waals surface area contributed by atoms with Crippen LogP contribution in [0.2, 0.25) is 0 Å². The average Bonchev–Trinajstić information content (AvgIpc) is 3.81. The molecule has 1 saturated carbocycles. The molecule has 0 unspecified atom stereocenters. The Hall–Kier alpha value is -4.38. The molecule has 3 aliphatic rings. The SMILES string of the molecule is COc1cc(OC)c(CNC(=O)CS(=O)(=O)N2CCN(c3cnc(OCC4CCN(C(=O)OC5(C)CC5)CC4)cn3)C(=O)C2)c(OC)c1. The number of rotatable bonds is 13. The molecule has 5 rings (SSSR count). The maximum atomic E-state index is 13.0. The topological polar surface area (TPSA) is 179 Å². The van der Waals surface area contributed by atoms with Crippen LogP contribution in [0.4, 0.5) is 10.6 Å². The summed E-state index contributed by atoms with van der Waals surface area (Å²) in [6, 6.07) is 3.25. The van der Waals surface area contributed by atoms with Crippen molar-refractivity contribution in [2.45, 2.75) is 44.8 Å². The maximum absolute atomic E-state index is 13.0. The summed E-state index contributed by atoms with van der Waals surface area (Å²) in [6.45, 7) is 3.10. The zero-order valence-electron chi connectivity index (χ0n) is 27.6. The third-order valence-electron chi connectivity index (χ3n) is 8.69. The molecule has 2 aliphatic heterocycles. The van der Waals surface area contributed by atoms with E-state index in [1.807, 2.05) is 6.92 Å². The zero-order valence-corrected chi connectivity index (χ0v) is 28.4. The zero-order chi connectivity index (χ0) is 34.5. The molecule has 17 heteroatoms. The van der Waals surface area contributed by atoms with E-state index >= 15 is 0 Å². The van der Waals surface area contributed by atoms with Crippen molar-refractivity contribution in [3.05, 3.63) is 30.1 Å². The molecule has 0 spiro atoms. The Kier molecular flexibility index (Phi) is 10.8. The number of carbonyl (C=O) groups excluding carboxylic acids is 3. The molecule has 2 saturated heterocycles. The molecule has 1 aromatic heterocycles. The van der Waals surface area contributed by atoms with Gasteiger partial charge in [0.2, 0.25) is 27.7 Å². The number of methoxy groups -OCH3 is 3. The monoisotopic (exact) mass is 690 g/mol. The molecule has 1 aliphatic carbocycles. The van der Waals surface area contributed by atoms with Crippen LogP contribution in [0.3, 0.4) is 0 Å². The highest BCUT2D eigenvalue weighted by Gasteiger charge is 2.43. The molecule has 1 N–H and O–H groups in total. The lowest BCUT2D eigenvalue weighted by Gasteiger charge is -2.32. The summed E-state index contributed by atoms with van der Waals surface area (Å²) >= 11 is 0. The number of likely N-dealkylation sites (tertiary alicyclic amines) is 1. The smallest absolute Gasteiger partial charge is 0.410 e. The molecule has 262 valence electrons. The summed E-state index contributed by atoms with van der Waals surface area (Å²) in [5.41, 5.74) is 0.219. The predicted octanol–water partition coefficient (Wildman–Crippen LogP) is 1.58. The van der Waals surface area contributed by atoms with Crippen molar-refractivity contribution in [2.24, 2.45) is 5.92 Å². The van der Waals surface area contributed by atoms with Gasteiger partial charge in [0, 0.05) is 38.3 Å². The van der Waals surface area contributed by atoms with Gasteiger partial charge in [0.1, 0.15) is 28.6 Å². The maximum Gasteiger partial charge on any atom is 0.410 e. The number of nitrogens with one attached hydrogen (secondary N) is 1. The number of hydrogen-bond donors (Lipinski definition) is 1. The van der Waals surface area contributed by atoms with Crippen LogP contribution in [0.25, 0.3) is 0 Å². The third kappa shape index (κ3) is 8.55. The van der Waals surface area contributed by atoms with E-state index in [1.54, 1.807) is 17.0 Å². The molecular formula is C31H42N6O10S. The number of benzene rings is 1. The number of aromatic nitrogens is 2. The average molecular weight is 691 g/mol. The quantitative estimate of drug-likeness (QED) is 0.321. The van der Waals surface area contributed by atoms with Gasteiger partial charge in [-0.1, -0.05) is 0 Å². The van der Waals surface area contributed by atoms with Gasteiger partial charge >= 0.3 is 6.09 Å². The molecular weight excluding hydrogens is 648 g/mol. The number of amides is 3. The van der Waals surface area contributed by atoms with E-state index in [0.29, 0.717) is 48.4 Å². The summed E-state index contributed by atoms with van der Waals surface area (Å²) in [5, 5.41) is 2.59. The molecule has 3 fully saturated rings. The minimum Gasteiger partial charge on any atom is -0.496 e. The Balaban J connectivity index is 1.06. The van der Waals surface area contributed by atoms with Crippen molar-refractivity contribution in [1.29, 1.82) is 0 Å². The second-order valence-electron chi connectivity index (χ2n) is 12.2. The highest BCUT2D eigenvalue weighted by atomic mass is 32.2. The number of piperidine rings is 1. The number of hydrogen-bond acceptors (Lipinski definition) is 12. The van der Waals surface area contributed by atoms with E-state index in [0.717, 1.165) is 30.0 Å². The minimum atomic E-state index is -4.10. The van der Waals surface area contributed by atoms with E-state index in [2.05, 4.69) is 15.3 Å². The first kappa shape index (κ1) is 34.9. The fourth-order valence-corrected chi connectivity index (χ4v) is 6.72. The summed E-state index contributed by atoms with van der Waals surface area (Å²) in [5.74, 6) is 0.0221. The number of nitrogens with zero attached hydrogens (tertiary/aromatic N) is 5. The van der Waals surface area contributed by atoms with Gasteiger partial charge in [-0.05, 0) is 38.5 Å². The lowest BCUT2D eigenvalue weighted by atomic mass is 9.98. The van der Waals surface area contributed by atoms with Crippen LogP contribution in [-0.4, -0.2) is 118 Å². The molecule has 1 aromatic carbocycles. The Morgan fingerprint density at radius 1 is 0.979 bits per heavy atom. The minimum absolute atomic E-state index is 0.0209. The molecule has 0 bridgehead atoms. The van der Waals surface area contributed by atoms with Gasteiger partial charge in [-0.3, -0.25) is 14.5 Å². The second kappa shape index (κ2) is 14.8. The standard InChI is InChI=1S/C31H42N6O10S/c1-31(7-8-31)47-30(40)35-9-5-21(6-10-35)19-46-28-17-32-26(16-34-28)37-12-11-36(18-29(37)39)48(41,42)20-27(38)33-15-23-24(44-3)13-22(43-2)14-25(23)45-4/h13-14,16-17,21H,5-12,15,18-20H2,1-4H3,(H,33,38). The fourth-order valence-electron chi connectivity index (χ4n) is 5.44. The molecule has 3 heterocycles. The highest BCUT2D eigenvalue weighted by Crippen LogP contribution is 2.39. The van der Waals surface area contributed by atoms with Crippen LogP contribution >= 0.6 is 0 Å². The van der Waals surface area contributed by atoms with Crippen LogP contribution in [0, 0.1) is 5.92 Å². The first-order valence-electron chi connectivity index (χ1n) is 15.7. The molecule has 16 nitrogen and oxygen atoms in total. The van der Waals surface area contributed by atoms with Crippen molar-refractivity contribution in [3.8, 4) is 23.1 Å². The van der Waals surface area contributed by atoms with Crippen LogP contribution in [-0.2, 0) is 30.9 Å². The first-order valence-corrected chi connectivity index (χ1v) is 17.3. The normalized spacial score (nSPS) is 18.2. The van der Waals surface area contributed by atoms with Crippen molar-refractivity contribution in [1.82, 2.24) is 24.5 Å². The molecule has 48 heavy (non-hydrogen) atoms. The predicted molar refractivity (Wildman–Crippen MR) is 172 cm³/mol. The van der Waals surface area contributed by atoms with Crippen molar-refractivity contribution < 1.29 is 46.5 Å². The Bertz CT molecular complexity index is 1570. The lowest BCUT2D eigenvalue weighted by molar-refractivity contribution is -0.120. The van der Waals surface area contributed by atoms with E-state index in [9.17, 15) is 22.8 Å². The molecule has 0 radical (unpaired) electrons. The third-order valence-corrected chi connectivity index (χ3v) is 10.4. The fraction of sp³-hybridized carbons (Fsp3) is 0.581. The second-order valence-corrected chi connectivity index (χ2v) is 14.2. The highest BCUT2D eigenvalue weighted by molar-refractivity contribution is 7.89. The van der Waals surface area contributed by atoms with E-state index < -0.39 is 34.1 Å². The van der Waals surface area contributed by atoms with E-state index in [-0.39, 0.29) is 43.1 Å². The van der Waals surface area contributed by atoms with Crippen molar-refractivity contribution in [3.63, 3.8) is 0 Å². The van der Waals surface area contributed by atoms with Gasteiger partial charge < -0.3 is 33.9 Å². The molecule has 0 atom stereocenters. The summed E-state index contributed by atoms with van der Waals surface area (Å²) in [4.78, 5) is 49.6. The Morgan fingerprint density at radius 2 is 1.67 bits per heavy atom. The van der Waals surface area contributed by atoms with Crippen LogP contribution < -0.4 is 29.2 Å². The van der Waals surface area contributed by atoms with E-state index in [4.69, 9.17) is 23.7 Å². The largest absolute Gasteiger partial charge is 0.496 e. The number of ether oxygens (including phenoxy) is 5. The van der Waals surface area contributed by atoms with E-state index in [1.165, 1.54) is 38.6 Å². The number of sulfonamides is 1. The summed E-state index contributed by atoms with van der Waals surface area (Å²) in [6.07, 6.45) is 5.97. The van der Waals surface area contributed by atoms with Gasteiger partial charge in [0.05, 0.1) is 59.0 Å². The van der Waals surface area contributed by atoms with Gasteiger partial charge in [-0.15, -0.1) is 0 Å². The Morgan fingerprint density at radius 3 is 2.23 bits per heavy atom. The van der Waals surface area contributed by atoms with Crippen molar-refractivity contribution in [2.75, 3.05) is 71.3 Å². The summed E-state index contributed by atoms with van der Waals surface area (Å²) in [7, 11) is 0.309. The molecule has 3 amide bonds.